The summed E-state index contributed by atoms with van der Waals surface area (Å²) < 4.78 is 0. The number of rotatable bonds is 3. The Labute approximate surface area is 137 Å². The molecule has 0 bridgehead atoms. The first-order chi connectivity index (χ1) is 11.3. The molecule has 1 saturated heterocycles. The lowest BCUT2D eigenvalue weighted by Crippen LogP contribution is -2.46. The highest BCUT2D eigenvalue weighted by Crippen LogP contribution is 2.22. The monoisotopic (exact) mass is 327 g/mol. The minimum absolute atomic E-state index is 0.341. The molecule has 7 heteroatoms. The zero-order chi connectivity index (χ0) is 15.6. The number of piperazine rings is 1. The van der Waals surface area contributed by atoms with Gasteiger partial charge in [0.1, 0.15) is 11.5 Å². The van der Waals surface area contributed by atoms with Crippen molar-refractivity contribution in [3.63, 3.8) is 0 Å². The van der Waals surface area contributed by atoms with Gasteiger partial charge in [-0.15, -0.1) is 11.3 Å². The maximum atomic E-state index is 11.8. The number of nitrogens with zero attached hydrogens (tertiary/aromatic N) is 4. The van der Waals surface area contributed by atoms with Crippen molar-refractivity contribution in [1.29, 1.82) is 0 Å². The molecular weight excluding hydrogens is 310 g/mol. The van der Waals surface area contributed by atoms with Crippen molar-refractivity contribution in [2.45, 2.75) is 6.54 Å². The van der Waals surface area contributed by atoms with Gasteiger partial charge in [-0.1, -0.05) is 6.07 Å². The van der Waals surface area contributed by atoms with E-state index >= 15 is 0 Å². The Bertz CT molecular complexity index is 852. The quantitative estimate of drug-likeness (QED) is 0.793. The molecule has 4 rings (SSSR count). The molecule has 4 heterocycles. The number of aromatic nitrogens is 3. The molecule has 1 fully saturated rings. The van der Waals surface area contributed by atoms with E-state index in [4.69, 9.17) is 0 Å². The van der Waals surface area contributed by atoms with Crippen LogP contribution in [0.1, 0.15) is 4.88 Å². The Hall–Kier alpha value is -2.25. The van der Waals surface area contributed by atoms with Gasteiger partial charge in [0.15, 0.2) is 0 Å². The predicted octanol–water partition coefficient (Wildman–Crippen LogP) is 1.70. The van der Waals surface area contributed by atoms with Crippen molar-refractivity contribution in [3.05, 3.63) is 51.2 Å². The lowest BCUT2D eigenvalue weighted by atomic mass is 10.2. The van der Waals surface area contributed by atoms with Gasteiger partial charge in [-0.05, 0) is 23.6 Å². The Morgan fingerprint density at radius 2 is 2.04 bits per heavy atom. The second-order valence-corrected chi connectivity index (χ2v) is 6.64. The lowest BCUT2D eigenvalue weighted by molar-refractivity contribution is 0.251. The van der Waals surface area contributed by atoms with Gasteiger partial charge in [0.05, 0.1) is 5.39 Å². The molecule has 3 aromatic rings. The molecule has 0 saturated carbocycles. The minimum atomic E-state index is -0.341. The fourth-order valence-corrected chi connectivity index (χ4v) is 3.70. The van der Waals surface area contributed by atoms with Crippen LogP contribution in [0.25, 0.3) is 11.0 Å². The van der Waals surface area contributed by atoms with Crippen molar-refractivity contribution in [2.75, 3.05) is 31.1 Å². The number of aromatic amines is 1. The average Bonchev–Trinajstić information content (AvgIpc) is 3.08. The molecule has 0 spiro atoms. The van der Waals surface area contributed by atoms with Gasteiger partial charge in [-0.25, -0.2) is 9.78 Å². The third-order valence-corrected chi connectivity index (χ3v) is 4.97. The first kappa shape index (κ1) is 14.3. The zero-order valence-corrected chi connectivity index (χ0v) is 13.4. The van der Waals surface area contributed by atoms with Gasteiger partial charge in [0, 0.05) is 43.8 Å². The summed E-state index contributed by atoms with van der Waals surface area (Å²) in [5.74, 6) is 0.743. The summed E-state index contributed by atoms with van der Waals surface area (Å²) in [5, 5.41) is 3.02. The molecule has 23 heavy (non-hydrogen) atoms. The van der Waals surface area contributed by atoms with Gasteiger partial charge in [-0.2, -0.15) is 4.98 Å². The Balaban J connectivity index is 1.53. The summed E-state index contributed by atoms with van der Waals surface area (Å²) in [6.45, 7) is 4.66. The van der Waals surface area contributed by atoms with E-state index in [-0.39, 0.29) is 5.69 Å². The van der Waals surface area contributed by atoms with E-state index in [1.807, 2.05) is 12.1 Å². The number of pyridine rings is 1. The topological polar surface area (TPSA) is 65.1 Å². The highest BCUT2D eigenvalue weighted by atomic mass is 32.1. The van der Waals surface area contributed by atoms with E-state index in [9.17, 15) is 4.79 Å². The second-order valence-electron chi connectivity index (χ2n) is 5.61. The van der Waals surface area contributed by atoms with Crippen LogP contribution in [-0.2, 0) is 6.54 Å². The Kier molecular flexibility index (Phi) is 3.80. The van der Waals surface area contributed by atoms with E-state index in [0.29, 0.717) is 5.65 Å². The molecule has 0 aliphatic carbocycles. The first-order valence-electron chi connectivity index (χ1n) is 7.64. The third-order valence-electron chi connectivity index (χ3n) is 4.11. The molecule has 1 N–H and O–H groups in total. The van der Waals surface area contributed by atoms with Crippen LogP contribution >= 0.6 is 11.3 Å². The molecule has 0 unspecified atom stereocenters. The van der Waals surface area contributed by atoms with Crippen molar-refractivity contribution < 1.29 is 0 Å². The maximum Gasteiger partial charge on any atom is 0.348 e. The van der Waals surface area contributed by atoms with Crippen molar-refractivity contribution in [3.8, 4) is 0 Å². The molecule has 1 aliphatic heterocycles. The third kappa shape index (κ3) is 2.97. The number of fused-ring (bicyclic) bond motifs is 1. The summed E-state index contributed by atoms with van der Waals surface area (Å²) >= 11 is 1.80. The van der Waals surface area contributed by atoms with Gasteiger partial charge < -0.3 is 4.90 Å². The minimum Gasteiger partial charge on any atom is -0.353 e. The summed E-state index contributed by atoms with van der Waals surface area (Å²) in [7, 11) is 0. The van der Waals surface area contributed by atoms with E-state index in [0.717, 1.165) is 43.9 Å². The fraction of sp³-hybridized carbons (Fsp3) is 0.312. The van der Waals surface area contributed by atoms with Gasteiger partial charge in [0.25, 0.3) is 0 Å². The molecule has 0 amide bonds. The molecule has 6 nitrogen and oxygen atoms in total. The molecule has 118 valence electrons. The fourth-order valence-electron chi connectivity index (χ4n) is 2.95. The number of thiophene rings is 1. The van der Waals surface area contributed by atoms with E-state index < -0.39 is 0 Å². The van der Waals surface area contributed by atoms with Crippen LogP contribution in [-0.4, -0.2) is 46.0 Å². The van der Waals surface area contributed by atoms with E-state index in [2.05, 4.69) is 42.3 Å². The Morgan fingerprint density at radius 3 is 2.83 bits per heavy atom. The predicted molar refractivity (Wildman–Crippen MR) is 92.0 cm³/mol. The molecule has 0 atom stereocenters. The number of anilines is 1. The number of hydrogen-bond donors (Lipinski definition) is 1. The van der Waals surface area contributed by atoms with Crippen LogP contribution in [0.5, 0.6) is 0 Å². The first-order valence-corrected chi connectivity index (χ1v) is 8.52. The van der Waals surface area contributed by atoms with E-state index in [1.165, 1.54) is 4.88 Å². The SMILES string of the molecule is O=c1nc(N2CCN(Cc3cccs3)CC2)c2cccnc2[nH]1. The highest BCUT2D eigenvalue weighted by molar-refractivity contribution is 7.09. The smallest absolute Gasteiger partial charge is 0.348 e. The van der Waals surface area contributed by atoms with Gasteiger partial charge in [-0.3, -0.25) is 9.88 Å². The Morgan fingerprint density at radius 1 is 1.17 bits per heavy atom. The van der Waals surface area contributed by atoms with Crippen molar-refractivity contribution >= 4 is 28.2 Å². The van der Waals surface area contributed by atoms with Crippen molar-refractivity contribution in [2.24, 2.45) is 0 Å². The zero-order valence-electron chi connectivity index (χ0n) is 12.6. The highest BCUT2D eigenvalue weighted by Gasteiger charge is 2.20. The van der Waals surface area contributed by atoms with Crippen LogP contribution in [0.3, 0.4) is 0 Å². The van der Waals surface area contributed by atoms with Crippen LogP contribution in [0.15, 0.2) is 40.6 Å². The van der Waals surface area contributed by atoms with Crippen molar-refractivity contribution in [1.82, 2.24) is 19.9 Å². The number of hydrogen-bond acceptors (Lipinski definition) is 6. The summed E-state index contributed by atoms with van der Waals surface area (Å²) in [4.78, 5) is 28.9. The molecule has 1 aliphatic rings. The lowest BCUT2D eigenvalue weighted by Gasteiger charge is -2.35. The molecule has 0 aromatic carbocycles. The van der Waals surface area contributed by atoms with Gasteiger partial charge >= 0.3 is 5.69 Å². The van der Waals surface area contributed by atoms with Crippen LogP contribution in [0.4, 0.5) is 5.82 Å². The summed E-state index contributed by atoms with van der Waals surface area (Å²) in [5.41, 5.74) is 0.260. The van der Waals surface area contributed by atoms with Gasteiger partial charge in [0.2, 0.25) is 0 Å². The maximum absolute atomic E-state index is 11.8. The average molecular weight is 327 g/mol. The summed E-state index contributed by atoms with van der Waals surface area (Å²) in [6, 6.07) is 8.10. The number of nitrogens with one attached hydrogen (secondary N) is 1. The summed E-state index contributed by atoms with van der Waals surface area (Å²) in [6.07, 6.45) is 1.68. The number of H-pyrrole nitrogens is 1. The standard InChI is InChI=1S/C16H17N5OS/c22-16-18-14-13(4-1-5-17-14)15(19-16)21-8-6-20(7-9-21)11-12-3-2-10-23-12/h1-5,10H,6-9,11H2,(H,17,18,19,22). The molecular formula is C16H17N5OS. The van der Waals surface area contributed by atoms with E-state index in [1.54, 1.807) is 17.5 Å². The van der Waals surface area contributed by atoms with Crippen LogP contribution in [0.2, 0.25) is 0 Å². The normalized spacial score (nSPS) is 16.1. The second kappa shape index (κ2) is 6.10. The van der Waals surface area contributed by atoms with Crippen LogP contribution < -0.4 is 10.6 Å². The molecule has 0 radical (unpaired) electrons. The molecule has 3 aromatic heterocycles. The largest absolute Gasteiger partial charge is 0.353 e. The van der Waals surface area contributed by atoms with Crippen LogP contribution in [0, 0.1) is 0 Å².